The molecule has 13 heteroatoms. The number of aliphatic hydroxyl groups is 1. The Bertz CT molecular complexity index is 1600. The maximum absolute atomic E-state index is 13.6. The fraction of sp³-hybridized carbons (Fsp3) is 0.333. The highest BCUT2D eigenvalue weighted by Crippen LogP contribution is 2.24. The molecule has 2 aromatic carbocycles. The molecule has 0 saturated heterocycles. The van der Waals surface area contributed by atoms with Gasteiger partial charge in [-0.2, -0.15) is 0 Å². The van der Waals surface area contributed by atoms with Gasteiger partial charge in [0, 0.05) is 11.5 Å². The molecule has 2 aromatic heterocycles. The number of halogens is 1. The standard InChI is InChI=1S/C30H33FN6O6/c1-17(2)24(25(39)28-36-35-27(43-28)18(3)4)34-23(38)15-37-26(20-10-12-21(31)13-11-20)32-14-22(29(37)40)33-30(41)42-16-19-8-6-5-7-9-19/h5-14,17-18,24-25,39H,15-16H2,1-4H3,(H,33,41)(H,34,38)/t24-,25?/m0/s1. The predicted molar refractivity (Wildman–Crippen MR) is 154 cm³/mol. The second-order valence-electron chi connectivity index (χ2n) is 10.5. The Balaban J connectivity index is 1.58. The highest BCUT2D eigenvalue weighted by molar-refractivity contribution is 5.84. The van der Waals surface area contributed by atoms with E-state index >= 15 is 0 Å². The molecule has 0 fully saturated rings. The summed E-state index contributed by atoms with van der Waals surface area (Å²) in [7, 11) is 0. The lowest BCUT2D eigenvalue weighted by molar-refractivity contribution is -0.124. The molecule has 43 heavy (non-hydrogen) atoms. The van der Waals surface area contributed by atoms with Crippen molar-refractivity contribution in [2.75, 3.05) is 5.32 Å². The van der Waals surface area contributed by atoms with E-state index < -0.39 is 42.1 Å². The minimum absolute atomic E-state index is 0.0258. The molecule has 0 radical (unpaired) electrons. The summed E-state index contributed by atoms with van der Waals surface area (Å²) in [6, 6.07) is 13.3. The number of aromatic nitrogens is 4. The molecule has 4 rings (SSSR count). The number of amides is 2. The summed E-state index contributed by atoms with van der Waals surface area (Å²) < 4.78 is 25.4. The Hall–Kier alpha value is -4.91. The molecule has 4 aromatic rings. The SMILES string of the molecule is CC(C)c1nnc(C(O)[C@@H](NC(=O)Cn2c(-c3ccc(F)cc3)ncc(NC(=O)OCc3ccccc3)c2=O)C(C)C)o1. The summed E-state index contributed by atoms with van der Waals surface area (Å²) in [6.07, 6.45) is -1.07. The number of benzene rings is 2. The predicted octanol–water partition coefficient (Wildman–Crippen LogP) is 4.18. The van der Waals surface area contributed by atoms with Gasteiger partial charge in [0.1, 0.15) is 30.5 Å². The second kappa shape index (κ2) is 13.8. The summed E-state index contributed by atoms with van der Waals surface area (Å²) >= 11 is 0. The summed E-state index contributed by atoms with van der Waals surface area (Å²) in [5.41, 5.74) is 0.127. The molecule has 3 N–H and O–H groups in total. The van der Waals surface area contributed by atoms with Crippen molar-refractivity contribution in [3.63, 3.8) is 0 Å². The fourth-order valence-corrected chi connectivity index (χ4v) is 4.16. The van der Waals surface area contributed by atoms with Crippen LogP contribution in [0.25, 0.3) is 11.4 Å². The summed E-state index contributed by atoms with van der Waals surface area (Å²) in [5, 5.41) is 23.9. The Morgan fingerprint density at radius 1 is 1.02 bits per heavy atom. The molecule has 12 nitrogen and oxygen atoms in total. The van der Waals surface area contributed by atoms with Crippen molar-refractivity contribution >= 4 is 17.7 Å². The van der Waals surface area contributed by atoms with Crippen LogP contribution in [0.5, 0.6) is 0 Å². The number of hydrogen-bond donors (Lipinski definition) is 3. The van der Waals surface area contributed by atoms with Crippen LogP contribution in [0.4, 0.5) is 14.9 Å². The summed E-state index contributed by atoms with van der Waals surface area (Å²) in [4.78, 5) is 43.6. The van der Waals surface area contributed by atoms with E-state index in [1.807, 2.05) is 19.9 Å². The number of nitrogens with zero attached hydrogens (tertiary/aromatic N) is 4. The molecule has 0 spiro atoms. The third-order valence-electron chi connectivity index (χ3n) is 6.49. The van der Waals surface area contributed by atoms with E-state index in [0.717, 1.165) is 16.3 Å². The number of anilines is 1. The molecular weight excluding hydrogens is 559 g/mol. The molecule has 0 aliphatic rings. The normalized spacial score (nSPS) is 12.7. The van der Waals surface area contributed by atoms with E-state index in [9.17, 15) is 23.9 Å². The van der Waals surface area contributed by atoms with Crippen LogP contribution in [0.2, 0.25) is 0 Å². The van der Waals surface area contributed by atoms with Gasteiger partial charge in [-0.3, -0.25) is 19.5 Å². The molecule has 2 amide bonds. The molecule has 2 atom stereocenters. The number of rotatable bonds is 11. The molecule has 1 unspecified atom stereocenters. The van der Waals surface area contributed by atoms with Gasteiger partial charge in [0.15, 0.2) is 6.10 Å². The maximum Gasteiger partial charge on any atom is 0.412 e. The number of carbonyl (C=O) groups is 2. The van der Waals surface area contributed by atoms with Crippen molar-refractivity contribution in [2.45, 2.75) is 58.9 Å². The van der Waals surface area contributed by atoms with Gasteiger partial charge in [-0.15, -0.1) is 10.2 Å². The van der Waals surface area contributed by atoms with Gasteiger partial charge < -0.3 is 19.6 Å². The Labute approximate surface area is 246 Å². The van der Waals surface area contributed by atoms with Gasteiger partial charge in [-0.05, 0) is 35.7 Å². The van der Waals surface area contributed by atoms with Crippen LogP contribution in [-0.2, 0) is 22.7 Å². The van der Waals surface area contributed by atoms with Crippen LogP contribution in [0.1, 0.15) is 57.1 Å². The first-order valence-corrected chi connectivity index (χ1v) is 13.7. The summed E-state index contributed by atoms with van der Waals surface area (Å²) in [6.45, 7) is 6.74. The van der Waals surface area contributed by atoms with Crippen LogP contribution in [0.15, 0.2) is 70.0 Å². The topological polar surface area (TPSA) is 161 Å². The largest absolute Gasteiger partial charge is 0.444 e. The van der Waals surface area contributed by atoms with Gasteiger partial charge in [-0.1, -0.05) is 58.0 Å². The van der Waals surface area contributed by atoms with E-state index in [2.05, 4.69) is 25.8 Å². The van der Waals surface area contributed by atoms with Crippen molar-refractivity contribution in [3.8, 4) is 11.4 Å². The van der Waals surface area contributed by atoms with E-state index in [1.54, 1.807) is 38.1 Å². The lowest BCUT2D eigenvalue weighted by Crippen LogP contribution is -2.45. The van der Waals surface area contributed by atoms with Crippen LogP contribution in [0.3, 0.4) is 0 Å². The first kappa shape index (κ1) is 31.0. The average Bonchev–Trinajstić information content (AvgIpc) is 3.49. The van der Waals surface area contributed by atoms with Crippen molar-refractivity contribution in [3.05, 3.63) is 94.3 Å². The molecule has 0 aliphatic heterocycles. The quantitative estimate of drug-likeness (QED) is 0.232. The van der Waals surface area contributed by atoms with Gasteiger partial charge in [-0.25, -0.2) is 14.2 Å². The fourth-order valence-electron chi connectivity index (χ4n) is 4.16. The highest BCUT2D eigenvalue weighted by atomic mass is 19.1. The lowest BCUT2D eigenvalue weighted by Gasteiger charge is -2.26. The van der Waals surface area contributed by atoms with Crippen molar-refractivity contribution in [2.24, 2.45) is 5.92 Å². The van der Waals surface area contributed by atoms with Crippen molar-refractivity contribution in [1.82, 2.24) is 25.1 Å². The third kappa shape index (κ3) is 7.89. The van der Waals surface area contributed by atoms with Gasteiger partial charge in [0.05, 0.1) is 12.2 Å². The van der Waals surface area contributed by atoms with Gasteiger partial charge >= 0.3 is 6.09 Å². The molecule has 0 aliphatic carbocycles. The Kier molecular flexibility index (Phi) is 9.99. The zero-order valence-electron chi connectivity index (χ0n) is 24.2. The number of aliphatic hydroxyl groups excluding tert-OH is 1. The summed E-state index contributed by atoms with van der Waals surface area (Å²) in [5.74, 6) is -1.11. The molecular formula is C30H33FN6O6. The number of carbonyl (C=O) groups excluding carboxylic acids is 2. The van der Waals surface area contributed by atoms with E-state index in [1.165, 1.54) is 24.3 Å². The van der Waals surface area contributed by atoms with Gasteiger partial charge in [0.25, 0.3) is 5.56 Å². The van der Waals surface area contributed by atoms with E-state index in [4.69, 9.17) is 9.15 Å². The molecule has 0 bridgehead atoms. The van der Waals surface area contributed by atoms with Gasteiger partial charge in [0.2, 0.25) is 17.7 Å². The first-order chi connectivity index (χ1) is 20.5. The second-order valence-corrected chi connectivity index (χ2v) is 10.5. The van der Waals surface area contributed by atoms with Crippen molar-refractivity contribution < 1.29 is 28.2 Å². The van der Waals surface area contributed by atoms with Crippen molar-refractivity contribution in [1.29, 1.82) is 0 Å². The first-order valence-electron chi connectivity index (χ1n) is 13.7. The number of ether oxygens (including phenoxy) is 1. The van der Waals surface area contributed by atoms with Crippen LogP contribution in [-0.4, -0.2) is 42.9 Å². The zero-order chi connectivity index (χ0) is 31.1. The third-order valence-corrected chi connectivity index (χ3v) is 6.49. The highest BCUT2D eigenvalue weighted by Gasteiger charge is 2.31. The Morgan fingerprint density at radius 3 is 2.33 bits per heavy atom. The minimum atomic E-state index is -1.32. The monoisotopic (exact) mass is 592 g/mol. The zero-order valence-corrected chi connectivity index (χ0v) is 24.2. The smallest absolute Gasteiger partial charge is 0.412 e. The lowest BCUT2D eigenvalue weighted by atomic mass is 9.98. The average molecular weight is 593 g/mol. The number of hydrogen-bond acceptors (Lipinski definition) is 9. The van der Waals surface area contributed by atoms with Crippen LogP contribution in [0, 0.1) is 11.7 Å². The molecule has 226 valence electrons. The van der Waals surface area contributed by atoms with Crippen LogP contribution < -0.4 is 16.2 Å². The van der Waals surface area contributed by atoms with E-state index in [-0.39, 0.29) is 35.8 Å². The van der Waals surface area contributed by atoms with E-state index in [0.29, 0.717) is 11.5 Å². The number of nitrogens with one attached hydrogen (secondary N) is 2. The Morgan fingerprint density at radius 2 is 1.70 bits per heavy atom. The minimum Gasteiger partial charge on any atom is -0.444 e. The molecule has 0 saturated carbocycles. The molecule has 2 heterocycles. The van der Waals surface area contributed by atoms with Crippen LogP contribution >= 0.6 is 0 Å². The maximum atomic E-state index is 13.6.